The summed E-state index contributed by atoms with van der Waals surface area (Å²) in [5.74, 6) is 0.580. The van der Waals surface area contributed by atoms with Crippen LogP contribution in [0.25, 0.3) is 11.4 Å². The van der Waals surface area contributed by atoms with Crippen molar-refractivity contribution in [2.45, 2.75) is 0 Å². The van der Waals surface area contributed by atoms with Gasteiger partial charge in [0.25, 0.3) is 0 Å². The largest absolute Gasteiger partial charge is 0.350 e. The van der Waals surface area contributed by atoms with Crippen molar-refractivity contribution in [1.82, 2.24) is 19.4 Å². The minimum absolute atomic E-state index is 0.412. The van der Waals surface area contributed by atoms with E-state index in [1.165, 1.54) is 0 Å². The highest BCUT2D eigenvalue weighted by atomic mass is 35.5. The summed E-state index contributed by atoms with van der Waals surface area (Å²) in [6.07, 6.45) is 3.68. The number of H-pyrrole nitrogens is 1. The Bertz CT molecular complexity index is 858. The lowest BCUT2D eigenvalue weighted by Crippen LogP contribution is -1.98. The SMILES string of the molecule is Cn1cccc1/C=N/n1c(-c2ccccc2Cl)n[nH]c1=S. The highest BCUT2D eigenvalue weighted by molar-refractivity contribution is 7.71. The fourth-order valence-corrected chi connectivity index (χ4v) is 2.34. The van der Waals surface area contributed by atoms with Gasteiger partial charge in [0.1, 0.15) is 0 Å². The molecule has 0 amide bonds. The Morgan fingerprint density at radius 2 is 2.10 bits per heavy atom. The van der Waals surface area contributed by atoms with Gasteiger partial charge >= 0.3 is 0 Å². The molecule has 0 saturated carbocycles. The lowest BCUT2D eigenvalue weighted by atomic mass is 10.2. The Morgan fingerprint density at radius 3 is 2.81 bits per heavy atom. The van der Waals surface area contributed by atoms with Gasteiger partial charge in [-0.1, -0.05) is 23.7 Å². The van der Waals surface area contributed by atoms with Gasteiger partial charge < -0.3 is 4.57 Å². The average Bonchev–Trinajstić information content (AvgIpc) is 3.04. The second-order valence-electron chi connectivity index (χ2n) is 4.43. The van der Waals surface area contributed by atoms with Crippen LogP contribution in [0.1, 0.15) is 5.69 Å². The van der Waals surface area contributed by atoms with Crippen LogP contribution in [0.3, 0.4) is 0 Å². The first-order valence-corrected chi connectivity index (χ1v) is 7.03. The van der Waals surface area contributed by atoms with Crippen molar-refractivity contribution in [3.8, 4) is 11.4 Å². The fourth-order valence-electron chi connectivity index (χ4n) is 1.94. The minimum atomic E-state index is 0.412. The van der Waals surface area contributed by atoms with Crippen LogP contribution in [-0.2, 0) is 7.05 Å². The van der Waals surface area contributed by atoms with Gasteiger partial charge in [0, 0.05) is 18.8 Å². The normalized spacial score (nSPS) is 11.3. The van der Waals surface area contributed by atoms with E-state index in [0.29, 0.717) is 15.6 Å². The second kappa shape index (κ2) is 5.67. The van der Waals surface area contributed by atoms with E-state index in [1.807, 2.05) is 48.1 Å². The third-order valence-corrected chi connectivity index (χ3v) is 3.65. The summed E-state index contributed by atoms with van der Waals surface area (Å²) in [5.41, 5.74) is 1.73. The van der Waals surface area contributed by atoms with Gasteiger partial charge in [0.15, 0.2) is 5.82 Å². The molecule has 5 nitrogen and oxygen atoms in total. The molecule has 106 valence electrons. The van der Waals surface area contributed by atoms with Crippen molar-refractivity contribution >= 4 is 30.0 Å². The summed E-state index contributed by atoms with van der Waals surface area (Å²) in [4.78, 5) is 0. The Hall–Kier alpha value is -2.18. The number of hydrogen-bond acceptors (Lipinski definition) is 3. The van der Waals surface area contributed by atoms with E-state index in [2.05, 4.69) is 15.3 Å². The van der Waals surface area contributed by atoms with Gasteiger partial charge in [-0.05, 0) is 36.5 Å². The fraction of sp³-hybridized carbons (Fsp3) is 0.0714. The van der Waals surface area contributed by atoms with Crippen LogP contribution < -0.4 is 0 Å². The Kier molecular flexibility index (Phi) is 3.72. The molecule has 0 atom stereocenters. The van der Waals surface area contributed by atoms with Gasteiger partial charge in [-0.2, -0.15) is 14.9 Å². The van der Waals surface area contributed by atoms with Crippen LogP contribution in [0.4, 0.5) is 0 Å². The van der Waals surface area contributed by atoms with Crippen LogP contribution in [0.5, 0.6) is 0 Å². The molecule has 0 aliphatic rings. The predicted octanol–water partition coefficient (Wildman–Crippen LogP) is 3.48. The summed E-state index contributed by atoms with van der Waals surface area (Å²) in [5, 5.41) is 12.0. The molecule has 3 rings (SSSR count). The van der Waals surface area contributed by atoms with E-state index in [-0.39, 0.29) is 0 Å². The van der Waals surface area contributed by atoms with Crippen LogP contribution in [0, 0.1) is 4.77 Å². The van der Waals surface area contributed by atoms with E-state index in [9.17, 15) is 0 Å². The van der Waals surface area contributed by atoms with Gasteiger partial charge in [-0.3, -0.25) is 0 Å². The molecule has 0 spiro atoms. The minimum Gasteiger partial charge on any atom is -0.350 e. The lowest BCUT2D eigenvalue weighted by molar-refractivity contribution is 0.862. The monoisotopic (exact) mass is 317 g/mol. The molecule has 0 saturated heterocycles. The number of nitrogens with zero attached hydrogens (tertiary/aromatic N) is 4. The van der Waals surface area contributed by atoms with Gasteiger partial charge in [-0.25, -0.2) is 5.10 Å². The first-order valence-electron chi connectivity index (χ1n) is 6.25. The zero-order valence-corrected chi connectivity index (χ0v) is 12.8. The van der Waals surface area contributed by atoms with Gasteiger partial charge in [0.2, 0.25) is 4.77 Å². The number of nitrogens with one attached hydrogen (secondary N) is 1. The molecule has 1 aromatic carbocycles. The summed E-state index contributed by atoms with van der Waals surface area (Å²) in [6.45, 7) is 0. The molecule has 0 unspecified atom stereocenters. The highest BCUT2D eigenvalue weighted by Crippen LogP contribution is 2.25. The number of benzene rings is 1. The number of aromatic amines is 1. The Balaban J connectivity index is 2.07. The molecule has 7 heteroatoms. The maximum Gasteiger partial charge on any atom is 0.216 e. The third-order valence-electron chi connectivity index (χ3n) is 3.05. The number of aromatic nitrogens is 4. The quantitative estimate of drug-likeness (QED) is 0.594. The van der Waals surface area contributed by atoms with Crippen molar-refractivity contribution in [3.63, 3.8) is 0 Å². The first-order chi connectivity index (χ1) is 10.2. The Labute approximate surface area is 131 Å². The number of rotatable bonds is 3. The number of hydrogen-bond donors (Lipinski definition) is 1. The van der Waals surface area contributed by atoms with Gasteiger partial charge in [-0.15, -0.1) is 0 Å². The van der Waals surface area contributed by atoms with E-state index >= 15 is 0 Å². The van der Waals surface area contributed by atoms with Crippen molar-refractivity contribution < 1.29 is 0 Å². The van der Waals surface area contributed by atoms with E-state index in [4.69, 9.17) is 23.8 Å². The summed E-state index contributed by atoms with van der Waals surface area (Å²) in [7, 11) is 1.95. The van der Waals surface area contributed by atoms with Crippen molar-refractivity contribution in [2.24, 2.45) is 12.1 Å². The molecule has 0 aliphatic carbocycles. The van der Waals surface area contributed by atoms with Crippen LogP contribution in [0.15, 0.2) is 47.7 Å². The van der Waals surface area contributed by atoms with E-state index in [0.717, 1.165) is 11.3 Å². The molecule has 0 aliphatic heterocycles. The molecule has 0 fully saturated rings. The van der Waals surface area contributed by atoms with Crippen LogP contribution in [0.2, 0.25) is 5.02 Å². The van der Waals surface area contributed by atoms with E-state index in [1.54, 1.807) is 17.0 Å². The summed E-state index contributed by atoms with van der Waals surface area (Å²) < 4.78 is 3.93. The zero-order chi connectivity index (χ0) is 14.8. The standard InChI is InChI=1S/C14H12ClN5S/c1-19-8-4-5-10(19)9-16-20-13(17-18-14(20)21)11-6-2-3-7-12(11)15/h2-9H,1H3,(H,18,21)/b16-9+. The molecule has 0 bridgehead atoms. The maximum absolute atomic E-state index is 6.21. The van der Waals surface area contributed by atoms with Gasteiger partial charge in [0.05, 0.1) is 16.9 Å². The Morgan fingerprint density at radius 1 is 1.29 bits per heavy atom. The average molecular weight is 318 g/mol. The van der Waals surface area contributed by atoms with Crippen LogP contribution >= 0.6 is 23.8 Å². The molecular formula is C14H12ClN5S. The maximum atomic E-state index is 6.21. The summed E-state index contributed by atoms with van der Waals surface area (Å²) >= 11 is 11.4. The van der Waals surface area contributed by atoms with Crippen molar-refractivity contribution in [1.29, 1.82) is 0 Å². The zero-order valence-electron chi connectivity index (χ0n) is 11.2. The smallest absolute Gasteiger partial charge is 0.216 e. The highest BCUT2D eigenvalue weighted by Gasteiger charge is 2.11. The molecule has 0 radical (unpaired) electrons. The third kappa shape index (κ3) is 2.68. The lowest BCUT2D eigenvalue weighted by Gasteiger charge is -2.03. The van der Waals surface area contributed by atoms with Crippen molar-refractivity contribution in [2.75, 3.05) is 0 Å². The predicted molar refractivity (Wildman–Crippen MR) is 86.3 cm³/mol. The topological polar surface area (TPSA) is 50.9 Å². The summed E-state index contributed by atoms with van der Waals surface area (Å²) in [6, 6.07) is 11.4. The molecule has 3 aromatic rings. The second-order valence-corrected chi connectivity index (χ2v) is 5.23. The molecule has 21 heavy (non-hydrogen) atoms. The van der Waals surface area contributed by atoms with Crippen LogP contribution in [-0.4, -0.2) is 25.7 Å². The number of halogens is 1. The van der Waals surface area contributed by atoms with E-state index < -0.39 is 0 Å². The molecule has 2 heterocycles. The molecule has 1 N–H and O–H groups in total. The molecular weight excluding hydrogens is 306 g/mol. The molecule has 2 aromatic heterocycles. The van der Waals surface area contributed by atoms with Crippen molar-refractivity contribution in [3.05, 3.63) is 58.1 Å². The first kappa shape index (κ1) is 13.8. The number of aryl methyl sites for hydroxylation is 1.